The molecule has 0 radical (unpaired) electrons. The van der Waals surface area contributed by atoms with Crippen molar-refractivity contribution in [1.82, 2.24) is 4.90 Å². The molecule has 1 aromatic carbocycles. The average Bonchev–Trinajstić information content (AvgIpc) is 2.24. The number of hydrogen-bond acceptors (Lipinski definition) is 2. The zero-order valence-corrected chi connectivity index (χ0v) is 11.0. The summed E-state index contributed by atoms with van der Waals surface area (Å²) in [6.45, 7) is 4.27. The fourth-order valence-electron chi connectivity index (χ4n) is 2.45. The maximum Gasteiger partial charge on any atom is 0.0424 e. The smallest absolute Gasteiger partial charge is 0.0424 e. The van der Waals surface area contributed by atoms with Gasteiger partial charge >= 0.3 is 0 Å². The van der Waals surface area contributed by atoms with Gasteiger partial charge in [0.25, 0.3) is 0 Å². The molecule has 1 fully saturated rings. The van der Waals surface area contributed by atoms with Crippen LogP contribution >= 0.6 is 0 Å². The molecule has 0 bridgehead atoms. The Morgan fingerprint density at radius 3 is 2.47 bits per heavy atom. The minimum absolute atomic E-state index is 0.140. The van der Waals surface area contributed by atoms with Crippen LogP contribution < -0.4 is 5.73 Å². The molecule has 94 valence electrons. The van der Waals surface area contributed by atoms with Crippen molar-refractivity contribution < 1.29 is 0 Å². The van der Waals surface area contributed by atoms with E-state index in [0.29, 0.717) is 0 Å². The summed E-state index contributed by atoms with van der Waals surface area (Å²) in [4.78, 5) is 2.38. The number of aryl methyl sites for hydroxylation is 1. The van der Waals surface area contributed by atoms with Gasteiger partial charge in [0.2, 0.25) is 0 Å². The van der Waals surface area contributed by atoms with Gasteiger partial charge in [-0.25, -0.2) is 0 Å². The molecule has 1 saturated carbocycles. The van der Waals surface area contributed by atoms with E-state index < -0.39 is 0 Å². The number of nitrogens with two attached hydrogens (primary N) is 1. The van der Waals surface area contributed by atoms with Crippen LogP contribution in [0.2, 0.25) is 0 Å². The van der Waals surface area contributed by atoms with Crippen LogP contribution in [0.15, 0.2) is 24.3 Å². The summed E-state index contributed by atoms with van der Waals surface area (Å²) in [5, 5.41) is 0. The number of benzene rings is 1. The first-order chi connectivity index (χ1) is 8.15. The first kappa shape index (κ1) is 12.6. The summed E-state index contributed by atoms with van der Waals surface area (Å²) >= 11 is 0. The highest BCUT2D eigenvalue weighted by molar-refractivity contribution is 5.24. The highest BCUT2D eigenvalue weighted by Gasteiger charge is 2.20. The maximum atomic E-state index is 6.24. The van der Waals surface area contributed by atoms with E-state index in [1.165, 1.54) is 36.9 Å². The lowest BCUT2D eigenvalue weighted by molar-refractivity contribution is 0.198. The molecule has 1 aliphatic rings. The monoisotopic (exact) mass is 232 g/mol. The third kappa shape index (κ3) is 3.55. The van der Waals surface area contributed by atoms with E-state index in [9.17, 15) is 0 Å². The van der Waals surface area contributed by atoms with Gasteiger partial charge in [-0.2, -0.15) is 0 Å². The lowest BCUT2D eigenvalue weighted by Gasteiger charge is -2.31. The Morgan fingerprint density at radius 1 is 1.29 bits per heavy atom. The molecule has 1 atom stereocenters. The van der Waals surface area contributed by atoms with E-state index in [1.807, 2.05) is 0 Å². The molecule has 1 aliphatic carbocycles. The molecule has 0 heterocycles. The molecule has 0 aromatic heterocycles. The fourth-order valence-corrected chi connectivity index (χ4v) is 2.45. The molecule has 2 N–H and O–H groups in total. The number of likely N-dealkylation sites (N-methyl/N-ethyl adjacent to an activating group) is 1. The van der Waals surface area contributed by atoms with Gasteiger partial charge in [0, 0.05) is 19.1 Å². The molecule has 0 amide bonds. The van der Waals surface area contributed by atoms with Crippen molar-refractivity contribution in [2.24, 2.45) is 11.7 Å². The number of rotatable bonds is 5. The summed E-state index contributed by atoms with van der Waals surface area (Å²) in [6.07, 6.45) is 4.23. The molecule has 2 rings (SSSR count). The van der Waals surface area contributed by atoms with Crippen molar-refractivity contribution >= 4 is 0 Å². The summed E-state index contributed by atoms with van der Waals surface area (Å²) in [7, 11) is 2.19. The van der Waals surface area contributed by atoms with Crippen molar-refractivity contribution in [1.29, 1.82) is 0 Å². The lowest BCUT2D eigenvalue weighted by atomic mass is 9.85. The van der Waals surface area contributed by atoms with E-state index in [2.05, 4.69) is 43.1 Å². The normalized spacial score (nSPS) is 18.1. The van der Waals surface area contributed by atoms with Gasteiger partial charge in [-0.15, -0.1) is 0 Å². The van der Waals surface area contributed by atoms with Crippen LogP contribution in [0.5, 0.6) is 0 Å². The van der Waals surface area contributed by atoms with Crippen LogP contribution in [-0.4, -0.2) is 25.0 Å². The predicted molar refractivity (Wildman–Crippen MR) is 72.9 cm³/mol. The minimum atomic E-state index is 0.140. The van der Waals surface area contributed by atoms with Gasteiger partial charge in [-0.1, -0.05) is 36.2 Å². The SMILES string of the molecule is Cc1ccc(C(N)CN(C)CC2CCC2)cc1. The zero-order chi connectivity index (χ0) is 12.3. The van der Waals surface area contributed by atoms with Crippen LogP contribution in [0.1, 0.15) is 36.4 Å². The summed E-state index contributed by atoms with van der Waals surface area (Å²) in [5.74, 6) is 0.921. The van der Waals surface area contributed by atoms with Gasteiger partial charge in [-0.3, -0.25) is 0 Å². The molecule has 17 heavy (non-hydrogen) atoms. The predicted octanol–water partition coefficient (Wildman–Crippen LogP) is 2.73. The van der Waals surface area contributed by atoms with Crippen molar-refractivity contribution in [2.75, 3.05) is 20.1 Å². The molecule has 2 nitrogen and oxygen atoms in total. The second-order valence-electron chi connectivity index (χ2n) is 5.54. The Hall–Kier alpha value is -0.860. The van der Waals surface area contributed by atoms with Crippen molar-refractivity contribution in [3.05, 3.63) is 35.4 Å². The largest absolute Gasteiger partial charge is 0.323 e. The number of nitrogens with zero attached hydrogens (tertiary/aromatic N) is 1. The van der Waals surface area contributed by atoms with Gasteiger partial charge in [0.1, 0.15) is 0 Å². The molecule has 1 unspecified atom stereocenters. The first-order valence-electron chi connectivity index (χ1n) is 6.66. The average molecular weight is 232 g/mol. The third-order valence-corrected chi connectivity index (χ3v) is 3.81. The fraction of sp³-hybridized carbons (Fsp3) is 0.600. The van der Waals surface area contributed by atoms with Crippen molar-refractivity contribution in [2.45, 2.75) is 32.2 Å². The maximum absolute atomic E-state index is 6.24. The molecular weight excluding hydrogens is 208 g/mol. The Balaban J connectivity index is 1.82. The molecule has 0 spiro atoms. The molecule has 2 heteroatoms. The summed E-state index contributed by atoms with van der Waals surface area (Å²) in [5.41, 5.74) is 8.78. The molecule has 0 saturated heterocycles. The summed E-state index contributed by atoms with van der Waals surface area (Å²) in [6, 6.07) is 8.72. The third-order valence-electron chi connectivity index (χ3n) is 3.81. The standard InChI is InChI=1S/C15H24N2/c1-12-6-8-14(9-7-12)15(16)11-17(2)10-13-4-3-5-13/h6-9,13,15H,3-5,10-11,16H2,1-2H3. The van der Waals surface area contributed by atoms with Crippen LogP contribution in [0.3, 0.4) is 0 Å². The van der Waals surface area contributed by atoms with Gasteiger partial charge in [0.05, 0.1) is 0 Å². The van der Waals surface area contributed by atoms with Crippen LogP contribution in [0, 0.1) is 12.8 Å². The van der Waals surface area contributed by atoms with E-state index in [-0.39, 0.29) is 6.04 Å². The molecule has 0 aliphatic heterocycles. The highest BCUT2D eigenvalue weighted by atomic mass is 15.1. The van der Waals surface area contributed by atoms with Gasteiger partial charge < -0.3 is 10.6 Å². The van der Waals surface area contributed by atoms with E-state index in [0.717, 1.165) is 12.5 Å². The van der Waals surface area contributed by atoms with Crippen molar-refractivity contribution in [3.8, 4) is 0 Å². The Bertz CT molecular complexity index is 340. The number of hydrogen-bond donors (Lipinski definition) is 1. The highest BCUT2D eigenvalue weighted by Crippen LogP contribution is 2.27. The zero-order valence-electron chi connectivity index (χ0n) is 11.0. The second-order valence-corrected chi connectivity index (χ2v) is 5.54. The summed E-state index contributed by atoms with van der Waals surface area (Å²) < 4.78 is 0. The van der Waals surface area contributed by atoms with Gasteiger partial charge in [-0.05, 0) is 38.3 Å². The molecular formula is C15H24N2. The van der Waals surface area contributed by atoms with E-state index in [4.69, 9.17) is 5.73 Å². The second kappa shape index (κ2) is 5.65. The lowest BCUT2D eigenvalue weighted by Crippen LogP contribution is -2.34. The van der Waals surface area contributed by atoms with Crippen LogP contribution in [0.25, 0.3) is 0 Å². The topological polar surface area (TPSA) is 29.3 Å². The van der Waals surface area contributed by atoms with Crippen LogP contribution in [-0.2, 0) is 0 Å². The van der Waals surface area contributed by atoms with E-state index >= 15 is 0 Å². The van der Waals surface area contributed by atoms with Crippen molar-refractivity contribution in [3.63, 3.8) is 0 Å². The van der Waals surface area contributed by atoms with Crippen LogP contribution in [0.4, 0.5) is 0 Å². The van der Waals surface area contributed by atoms with Gasteiger partial charge in [0.15, 0.2) is 0 Å². The first-order valence-corrected chi connectivity index (χ1v) is 6.66. The minimum Gasteiger partial charge on any atom is -0.323 e. The Morgan fingerprint density at radius 2 is 1.94 bits per heavy atom. The Labute approximate surface area is 105 Å². The Kier molecular flexibility index (Phi) is 4.19. The quantitative estimate of drug-likeness (QED) is 0.846. The molecule has 1 aromatic rings. The van der Waals surface area contributed by atoms with E-state index in [1.54, 1.807) is 0 Å².